The molecule has 2 aromatic carbocycles. The van der Waals surface area contributed by atoms with Crippen LogP contribution in [0.25, 0.3) is 16.8 Å². The summed E-state index contributed by atoms with van der Waals surface area (Å²) in [6, 6.07) is 18.3. The van der Waals surface area contributed by atoms with Crippen LogP contribution < -0.4 is 11.1 Å². The average molecular weight is 579 g/mol. The highest BCUT2D eigenvalue weighted by molar-refractivity contribution is 7.16. The van der Waals surface area contributed by atoms with Crippen LogP contribution in [0.2, 0.25) is 0 Å². The molecule has 1 fully saturated rings. The van der Waals surface area contributed by atoms with E-state index in [1.165, 1.54) is 0 Å². The van der Waals surface area contributed by atoms with Gasteiger partial charge in [0.2, 0.25) is 0 Å². The van der Waals surface area contributed by atoms with Gasteiger partial charge < -0.3 is 10.5 Å². The number of thiazole rings is 1. The molecule has 6 rings (SSSR count). The molecule has 210 valence electrons. The highest BCUT2D eigenvalue weighted by Crippen LogP contribution is 2.37. The van der Waals surface area contributed by atoms with Crippen LogP contribution in [0.5, 0.6) is 0 Å². The molecule has 0 saturated carbocycles. The number of aryl methyl sites for hydroxylation is 1. The molecule has 5 aromatic rings. The third-order valence-electron chi connectivity index (χ3n) is 7.14. The first-order chi connectivity index (χ1) is 20.4. The lowest BCUT2D eigenvalue weighted by Crippen LogP contribution is -2.32. The molecule has 3 N–H and O–H groups in total. The van der Waals surface area contributed by atoms with Gasteiger partial charge in [-0.05, 0) is 37.5 Å². The third-order valence-corrected chi connectivity index (χ3v) is 8.12. The lowest BCUT2D eigenvalue weighted by atomic mass is 10.1. The van der Waals surface area contributed by atoms with Gasteiger partial charge in [0.15, 0.2) is 5.13 Å². The molecule has 0 unspecified atom stereocenters. The van der Waals surface area contributed by atoms with Crippen molar-refractivity contribution < 1.29 is 14.3 Å². The maximum atomic E-state index is 13.1. The summed E-state index contributed by atoms with van der Waals surface area (Å²) in [4.78, 5) is 41.6. The fourth-order valence-electron chi connectivity index (χ4n) is 5.08. The molecule has 4 heterocycles. The molecule has 0 bridgehead atoms. The molecule has 0 radical (unpaired) electrons. The van der Waals surface area contributed by atoms with Crippen molar-refractivity contribution in [3.8, 4) is 17.3 Å². The number of anilines is 2. The fourth-order valence-corrected chi connectivity index (χ4v) is 5.84. The zero-order chi connectivity index (χ0) is 29.2. The SMILES string of the molecule is Cc1nc(NC(=O)c2ccc(-c3nc([C@@H]4CCCN4C(=O)OCc4ccccc4)n4ccnc(N)c34)cc2)sc1C#N. The topological polar surface area (TPSA) is 152 Å². The predicted octanol–water partition coefficient (Wildman–Crippen LogP) is 5.34. The first-order valence-corrected chi connectivity index (χ1v) is 14.1. The van der Waals surface area contributed by atoms with Gasteiger partial charge in [-0.15, -0.1) is 0 Å². The standard InChI is InChI=1S/C30H26N8O3S/c1-18-23(16-31)42-29(34-18)36-28(39)21-11-9-20(10-12-21)24-25-26(32)33-13-15-38(25)27(35-24)22-8-5-14-37(22)30(40)41-17-19-6-3-2-4-7-19/h2-4,6-7,9-13,15,22H,5,8,14,17H2,1H3,(H2,32,33)(H,34,36,39)/t22-/m0/s1. The summed E-state index contributed by atoms with van der Waals surface area (Å²) in [7, 11) is 0. The van der Waals surface area contributed by atoms with Gasteiger partial charge in [-0.1, -0.05) is 53.8 Å². The number of ether oxygens (including phenoxy) is 1. The number of benzene rings is 2. The van der Waals surface area contributed by atoms with Crippen molar-refractivity contribution in [3.05, 3.63) is 94.5 Å². The molecule has 0 aliphatic carbocycles. The van der Waals surface area contributed by atoms with Crippen LogP contribution in [0.3, 0.4) is 0 Å². The van der Waals surface area contributed by atoms with Gasteiger partial charge >= 0.3 is 6.09 Å². The molecule has 2 amide bonds. The minimum absolute atomic E-state index is 0.189. The van der Waals surface area contributed by atoms with Crippen molar-refractivity contribution in [3.63, 3.8) is 0 Å². The summed E-state index contributed by atoms with van der Waals surface area (Å²) in [5.41, 5.74) is 10.2. The van der Waals surface area contributed by atoms with Crippen molar-refractivity contribution in [1.29, 1.82) is 5.26 Å². The summed E-state index contributed by atoms with van der Waals surface area (Å²) < 4.78 is 7.52. The minimum atomic E-state index is -0.394. The van der Waals surface area contributed by atoms with E-state index in [2.05, 4.69) is 21.4 Å². The summed E-state index contributed by atoms with van der Waals surface area (Å²) in [6.07, 6.45) is 4.54. The maximum Gasteiger partial charge on any atom is 0.410 e. The van der Waals surface area contributed by atoms with Crippen LogP contribution in [-0.2, 0) is 11.3 Å². The van der Waals surface area contributed by atoms with Crippen LogP contribution in [-0.4, -0.2) is 42.8 Å². The molecule has 1 aliphatic heterocycles. The number of fused-ring (bicyclic) bond motifs is 1. The third kappa shape index (κ3) is 5.13. The van der Waals surface area contributed by atoms with E-state index in [1.54, 1.807) is 48.5 Å². The second-order valence-corrected chi connectivity index (χ2v) is 10.8. The number of hydrogen-bond acceptors (Lipinski definition) is 9. The number of nitrogens with two attached hydrogens (primary N) is 1. The number of nitriles is 1. The number of likely N-dealkylation sites (tertiary alicyclic amines) is 1. The molecular formula is C30H26N8O3S. The molecule has 1 aliphatic rings. The Morgan fingerprint density at radius 2 is 1.95 bits per heavy atom. The average Bonchev–Trinajstić information content (AvgIpc) is 3.73. The minimum Gasteiger partial charge on any atom is -0.445 e. The summed E-state index contributed by atoms with van der Waals surface area (Å²) in [5, 5.41) is 12.3. The Morgan fingerprint density at radius 1 is 1.17 bits per heavy atom. The van der Waals surface area contributed by atoms with Gasteiger partial charge in [-0.3, -0.25) is 19.4 Å². The Bertz CT molecular complexity index is 1830. The molecule has 3 aromatic heterocycles. The molecule has 42 heavy (non-hydrogen) atoms. The first-order valence-electron chi connectivity index (χ1n) is 13.3. The summed E-state index contributed by atoms with van der Waals surface area (Å²) in [5.74, 6) is 0.626. The molecule has 12 heteroatoms. The molecule has 1 saturated heterocycles. The lowest BCUT2D eigenvalue weighted by Gasteiger charge is -2.23. The van der Waals surface area contributed by atoms with Crippen molar-refractivity contribution >= 4 is 39.8 Å². The number of nitrogens with one attached hydrogen (secondary N) is 1. The van der Waals surface area contributed by atoms with E-state index in [0.29, 0.717) is 50.7 Å². The van der Waals surface area contributed by atoms with Gasteiger partial charge in [-0.2, -0.15) is 5.26 Å². The van der Waals surface area contributed by atoms with Crippen LogP contribution in [0, 0.1) is 18.3 Å². The highest BCUT2D eigenvalue weighted by Gasteiger charge is 2.35. The van der Waals surface area contributed by atoms with Gasteiger partial charge in [0.05, 0.1) is 11.7 Å². The normalized spacial score (nSPS) is 14.6. The van der Waals surface area contributed by atoms with Crippen molar-refractivity contribution in [2.24, 2.45) is 0 Å². The fraction of sp³-hybridized carbons (Fsp3) is 0.200. The van der Waals surface area contributed by atoms with Gasteiger partial charge in [-0.25, -0.2) is 19.7 Å². The largest absolute Gasteiger partial charge is 0.445 e. The number of amides is 2. The van der Waals surface area contributed by atoms with Crippen LogP contribution in [0.4, 0.5) is 15.7 Å². The monoisotopic (exact) mass is 578 g/mol. The summed E-state index contributed by atoms with van der Waals surface area (Å²) in [6.45, 7) is 2.47. The van der Waals surface area contributed by atoms with Crippen LogP contribution >= 0.6 is 11.3 Å². The number of hydrogen-bond donors (Lipinski definition) is 2. The van der Waals surface area contributed by atoms with Crippen LogP contribution in [0.15, 0.2) is 67.0 Å². The quantitative estimate of drug-likeness (QED) is 0.274. The summed E-state index contributed by atoms with van der Waals surface area (Å²) >= 11 is 1.13. The number of rotatable bonds is 6. The van der Waals surface area contributed by atoms with E-state index in [9.17, 15) is 9.59 Å². The molecule has 0 spiro atoms. The smallest absolute Gasteiger partial charge is 0.410 e. The molecular weight excluding hydrogens is 552 g/mol. The second-order valence-electron chi connectivity index (χ2n) is 9.82. The van der Waals surface area contributed by atoms with E-state index >= 15 is 0 Å². The van der Waals surface area contributed by atoms with Crippen molar-refractivity contribution in [2.75, 3.05) is 17.6 Å². The second kappa shape index (κ2) is 11.3. The number of nitrogen functional groups attached to an aromatic ring is 1. The van der Waals surface area contributed by atoms with E-state index in [-0.39, 0.29) is 18.6 Å². The number of carbonyl (C=O) groups excluding carboxylic acids is 2. The number of aromatic nitrogens is 4. The zero-order valence-electron chi connectivity index (χ0n) is 22.7. The molecule has 11 nitrogen and oxygen atoms in total. The van der Waals surface area contributed by atoms with Crippen LogP contribution in [0.1, 0.15) is 51.2 Å². The Morgan fingerprint density at radius 3 is 2.69 bits per heavy atom. The number of nitrogens with zero attached hydrogens (tertiary/aromatic N) is 6. The van der Waals surface area contributed by atoms with Gasteiger partial charge in [0.25, 0.3) is 5.91 Å². The Hall–Kier alpha value is -5.28. The molecule has 1 atom stereocenters. The first kappa shape index (κ1) is 26.9. The number of imidazole rings is 1. The zero-order valence-corrected chi connectivity index (χ0v) is 23.5. The van der Waals surface area contributed by atoms with E-state index < -0.39 is 6.09 Å². The number of carbonyl (C=O) groups is 2. The Balaban J connectivity index is 1.26. The van der Waals surface area contributed by atoms with Gasteiger partial charge in [0.1, 0.15) is 40.4 Å². The van der Waals surface area contributed by atoms with E-state index in [1.807, 2.05) is 34.7 Å². The Kier molecular flexibility index (Phi) is 7.24. The predicted molar refractivity (Wildman–Crippen MR) is 158 cm³/mol. The van der Waals surface area contributed by atoms with Gasteiger partial charge in [0, 0.05) is 30.1 Å². The van der Waals surface area contributed by atoms with Crippen molar-refractivity contribution in [2.45, 2.75) is 32.4 Å². The maximum absolute atomic E-state index is 13.1. The van der Waals surface area contributed by atoms with E-state index in [4.69, 9.17) is 20.7 Å². The van der Waals surface area contributed by atoms with E-state index in [0.717, 1.165) is 35.3 Å². The van der Waals surface area contributed by atoms with Crippen molar-refractivity contribution in [1.82, 2.24) is 24.3 Å². The Labute approximate surface area is 245 Å². The highest BCUT2D eigenvalue weighted by atomic mass is 32.1. The lowest BCUT2D eigenvalue weighted by molar-refractivity contribution is 0.0907.